The van der Waals surface area contributed by atoms with Gasteiger partial charge < -0.3 is 14.0 Å². The first-order chi connectivity index (χ1) is 21.5. The van der Waals surface area contributed by atoms with E-state index in [0.29, 0.717) is 27.9 Å². The molecular weight excluding hydrogens is 572 g/mol. The van der Waals surface area contributed by atoms with E-state index in [1.807, 2.05) is 36.4 Å². The minimum absolute atomic E-state index is 0.201. The largest absolute Gasteiger partial charge is 0.497 e. The smallest absolute Gasteiger partial charge is 0.355 e. The summed E-state index contributed by atoms with van der Waals surface area (Å²) in [7, 11) is 1.36. The van der Waals surface area contributed by atoms with E-state index in [-0.39, 0.29) is 17.2 Å². The number of methoxy groups -OCH3 is 1. The predicted octanol–water partition coefficient (Wildman–Crippen LogP) is 7.60. The normalized spacial score (nSPS) is 16.4. The highest BCUT2D eigenvalue weighted by atomic mass is 35.5. The Kier molecular flexibility index (Phi) is 9.29. The third kappa shape index (κ3) is 6.52. The second-order valence-electron chi connectivity index (χ2n) is 11.5. The molecule has 0 spiro atoms. The summed E-state index contributed by atoms with van der Waals surface area (Å²) in [5.41, 5.74) is 3.98. The van der Waals surface area contributed by atoms with Crippen LogP contribution in [0.3, 0.4) is 0 Å². The number of aromatic nitrogens is 1. The van der Waals surface area contributed by atoms with Crippen LogP contribution in [0.1, 0.15) is 41.7 Å². The quantitative estimate of drug-likeness (QED) is 0.202. The van der Waals surface area contributed by atoms with Gasteiger partial charge in [0.1, 0.15) is 11.5 Å². The van der Waals surface area contributed by atoms with E-state index < -0.39 is 5.97 Å². The molecule has 0 unspecified atom stereocenters. The molecule has 2 aliphatic heterocycles. The van der Waals surface area contributed by atoms with Crippen molar-refractivity contribution in [1.29, 1.82) is 0 Å². The molecule has 3 heterocycles. The first-order valence-electron chi connectivity index (χ1n) is 15.3. The van der Waals surface area contributed by atoms with Crippen molar-refractivity contribution in [1.82, 2.24) is 9.47 Å². The molecule has 0 N–H and O–H groups in total. The number of esters is 1. The van der Waals surface area contributed by atoms with Crippen LogP contribution in [-0.4, -0.2) is 48.8 Å². The summed E-state index contributed by atoms with van der Waals surface area (Å²) in [6, 6.07) is 25.4. The standard InChI is InChI=1S/C37H37ClN2O4/c1-43-37(42)35-34(28-12-6-3-7-13-28)33-23-30(38)15-16-32(33)36(41)40(35)24-26-17-19-39(20-18-26)25-31-22-29(14-8-9-21-44-31)27-10-4-2-5-11-27/h2-7,10-16,22-23,26H,8-9,17-21,24-25H2,1H3. The number of allylic oxidation sites excluding steroid dienone is 3. The molecule has 44 heavy (non-hydrogen) atoms. The molecule has 0 bridgehead atoms. The Morgan fingerprint density at radius 1 is 0.955 bits per heavy atom. The van der Waals surface area contributed by atoms with Crippen molar-refractivity contribution < 1.29 is 14.3 Å². The Bertz CT molecular complexity index is 1750. The Balaban J connectivity index is 1.25. The van der Waals surface area contributed by atoms with Crippen LogP contribution in [-0.2, 0) is 16.0 Å². The molecule has 6 nitrogen and oxygen atoms in total. The first kappa shape index (κ1) is 29.9. The number of carbonyl (C=O) groups excluding carboxylic acids is 1. The fourth-order valence-corrected chi connectivity index (χ4v) is 6.52. The highest BCUT2D eigenvalue weighted by molar-refractivity contribution is 6.31. The highest BCUT2D eigenvalue weighted by Gasteiger charge is 2.28. The number of carbonyl (C=O) groups is 1. The topological polar surface area (TPSA) is 60.8 Å². The molecule has 1 aromatic heterocycles. The summed E-state index contributed by atoms with van der Waals surface area (Å²) >= 11 is 6.39. The average molecular weight is 609 g/mol. The van der Waals surface area contributed by atoms with E-state index in [9.17, 15) is 9.59 Å². The lowest BCUT2D eigenvalue weighted by Gasteiger charge is -2.33. The molecule has 226 valence electrons. The number of halogens is 1. The Hall–Kier alpha value is -4.13. The van der Waals surface area contributed by atoms with E-state index in [2.05, 4.69) is 41.3 Å². The van der Waals surface area contributed by atoms with Crippen LogP contribution in [0.5, 0.6) is 0 Å². The summed E-state index contributed by atoms with van der Waals surface area (Å²) in [5.74, 6) is 0.687. The van der Waals surface area contributed by atoms with E-state index in [1.165, 1.54) is 18.2 Å². The maximum Gasteiger partial charge on any atom is 0.355 e. The fraction of sp³-hybridized carbons (Fsp3) is 0.297. The summed E-state index contributed by atoms with van der Waals surface area (Å²) < 4.78 is 13.1. The van der Waals surface area contributed by atoms with Crippen molar-refractivity contribution in [3.05, 3.63) is 123 Å². The van der Waals surface area contributed by atoms with Gasteiger partial charge >= 0.3 is 5.97 Å². The Labute approximate surface area is 263 Å². The minimum atomic E-state index is -0.532. The maximum absolute atomic E-state index is 13.9. The number of pyridine rings is 1. The third-order valence-corrected chi connectivity index (χ3v) is 8.86. The number of nitrogens with zero attached hydrogens (tertiary/aromatic N) is 2. The highest BCUT2D eigenvalue weighted by Crippen LogP contribution is 2.34. The second-order valence-corrected chi connectivity index (χ2v) is 12.0. The second kappa shape index (κ2) is 13.7. The van der Waals surface area contributed by atoms with Crippen LogP contribution in [0.15, 0.2) is 102 Å². The molecule has 4 aromatic rings. The molecule has 2 aliphatic rings. The SMILES string of the molecule is COC(=O)c1c(-c2ccccc2)c2cc(Cl)ccc2c(=O)n1CC1CCN(CC2=CC(c3ccccc3)=CCCCO2)CC1. The molecule has 1 fully saturated rings. The summed E-state index contributed by atoms with van der Waals surface area (Å²) in [4.78, 5) is 29.7. The van der Waals surface area contributed by atoms with Gasteiger partial charge in [-0.05, 0) is 91.1 Å². The molecular formula is C37H37ClN2O4. The van der Waals surface area contributed by atoms with Crippen LogP contribution >= 0.6 is 11.6 Å². The zero-order chi connectivity index (χ0) is 30.5. The van der Waals surface area contributed by atoms with Gasteiger partial charge in [0.05, 0.1) is 20.3 Å². The molecule has 0 atom stereocenters. The zero-order valence-corrected chi connectivity index (χ0v) is 25.8. The molecule has 3 aromatic carbocycles. The van der Waals surface area contributed by atoms with Crippen LogP contribution in [0, 0.1) is 5.92 Å². The number of hydrogen-bond donors (Lipinski definition) is 0. The zero-order valence-electron chi connectivity index (χ0n) is 25.0. The minimum Gasteiger partial charge on any atom is -0.497 e. The number of fused-ring (bicyclic) bond motifs is 1. The van der Waals surface area contributed by atoms with Crippen molar-refractivity contribution in [2.75, 3.05) is 33.4 Å². The Morgan fingerprint density at radius 2 is 1.66 bits per heavy atom. The van der Waals surface area contributed by atoms with Crippen molar-refractivity contribution in [2.45, 2.75) is 32.2 Å². The van der Waals surface area contributed by atoms with Gasteiger partial charge in [-0.3, -0.25) is 9.69 Å². The molecule has 0 aliphatic carbocycles. The number of hydrogen-bond acceptors (Lipinski definition) is 5. The monoisotopic (exact) mass is 608 g/mol. The van der Waals surface area contributed by atoms with Gasteiger partial charge in [0.25, 0.3) is 5.56 Å². The van der Waals surface area contributed by atoms with Crippen molar-refractivity contribution >= 4 is 33.9 Å². The van der Waals surface area contributed by atoms with Crippen molar-refractivity contribution in [3.8, 4) is 11.1 Å². The van der Waals surface area contributed by atoms with Gasteiger partial charge in [-0.2, -0.15) is 0 Å². The van der Waals surface area contributed by atoms with E-state index in [0.717, 1.165) is 63.2 Å². The molecule has 1 saturated heterocycles. The van der Waals surface area contributed by atoms with Gasteiger partial charge in [0.15, 0.2) is 0 Å². The lowest BCUT2D eigenvalue weighted by atomic mass is 9.93. The lowest BCUT2D eigenvalue weighted by Crippen LogP contribution is -2.38. The molecule has 0 amide bonds. The van der Waals surface area contributed by atoms with Gasteiger partial charge in [-0.1, -0.05) is 78.3 Å². The maximum atomic E-state index is 13.9. The first-order valence-corrected chi connectivity index (χ1v) is 15.7. The van der Waals surface area contributed by atoms with Gasteiger partial charge in [0, 0.05) is 22.5 Å². The summed E-state index contributed by atoms with van der Waals surface area (Å²) in [6.45, 7) is 3.67. The van der Waals surface area contributed by atoms with E-state index in [1.54, 1.807) is 22.8 Å². The van der Waals surface area contributed by atoms with Crippen LogP contribution < -0.4 is 5.56 Å². The van der Waals surface area contributed by atoms with Crippen molar-refractivity contribution in [3.63, 3.8) is 0 Å². The number of likely N-dealkylation sites (tertiary alicyclic amines) is 1. The fourth-order valence-electron chi connectivity index (χ4n) is 6.35. The lowest BCUT2D eigenvalue weighted by molar-refractivity contribution is 0.0584. The van der Waals surface area contributed by atoms with Gasteiger partial charge in [-0.25, -0.2) is 4.79 Å². The van der Waals surface area contributed by atoms with Crippen LogP contribution in [0.25, 0.3) is 27.5 Å². The molecule has 0 saturated carbocycles. The predicted molar refractivity (Wildman–Crippen MR) is 177 cm³/mol. The average Bonchev–Trinajstić information content (AvgIpc) is 3.04. The Morgan fingerprint density at radius 3 is 2.36 bits per heavy atom. The summed E-state index contributed by atoms with van der Waals surface area (Å²) in [5, 5.41) is 1.69. The van der Waals surface area contributed by atoms with Gasteiger partial charge in [0.2, 0.25) is 0 Å². The van der Waals surface area contributed by atoms with Crippen LogP contribution in [0.4, 0.5) is 0 Å². The number of benzene rings is 3. The number of ether oxygens (including phenoxy) is 2. The molecule has 6 rings (SSSR count). The van der Waals surface area contributed by atoms with E-state index in [4.69, 9.17) is 21.1 Å². The van der Waals surface area contributed by atoms with E-state index >= 15 is 0 Å². The number of rotatable bonds is 7. The van der Waals surface area contributed by atoms with Crippen LogP contribution in [0.2, 0.25) is 5.02 Å². The number of piperidine rings is 1. The summed E-state index contributed by atoms with van der Waals surface area (Å²) in [6.07, 6.45) is 8.30. The molecule has 0 radical (unpaired) electrons. The van der Waals surface area contributed by atoms with Gasteiger partial charge in [-0.15, -0.1) is 0 Å². The third-order valence-electron chi connectivity index (χ3n) is 8.63. The van der Waals surface area contributed by atoms with Crippen molar-refractivity contribution in [2.24, 2.45) is 5.92 Å². The molecule has 7 heteroatoms.